The van der Waals surface area contributed by atoms with Gasteiger partial charge < -0.3 is 9.30 Å². The molecule has 1 unspecified atom stereocenters. The smallest absolute Gasteiger partial charge is 0.0947 e. The van der Waals surface area contributed by atoms with Crippen LogP contribution in [0.2, 0.25) is 0 Å². The summed E-state index contributed by atoms with van der Waals surface area (Å²) in [5, 5.41) is 0. The summed E-state index contributed by atoms with van der Waals surface area (Å²) in [6.45, 7) is 0.755. The van der Waals surface area contributed by atoms with Crippen molar-refractivity contribution in [2.45, 2.75) is 18.9 Å². The molecule has 0 saturated carbocycles. The molecular weight excluding hydrogens is 180 g/mol. The Balaban J connectivity index is 2.45. The maximum absolute atomic E-state index is 5.46. The second-order valence-electron chi connectivity index (χ2n) is 3.32. The predicted octanol–water partition coefficient (Wildman–Crippen LogP) is 0.351. The van der Waals surface area contributed by atoms with Crippen molar-refractivity contribution in [3.8, 4) is 0 Å². The third-order valence-electron chi connectivity index (χ3n) is 2.12. The van der Waals surface area contributed by atoms with Gasteiger partial charge in [-0.2, -0.15) is 0 Å². The van der Waals surface area contributed by atoms with Crippen molar-refractivity contribution in [3.05, 3.63) is 18.2 Å². The monoisotopic (exact) mass is 198 g/mol. The topological polar surface area (TPSA) is 65.1 Å². The molecule has 14 heavy (non-hydrogen) atoms. The van der Waals surface area contributed by atoms with Gasteiger partial charge in [0.2, 0.25) is 0 Å². The Morgan fingerprint density at radius 1 is 1.71 bits per heavy atom. The van der Waals surface area contributed by atoms with E-state index in [1.807, 2.05) is 17.8 Å². The minimum atomic E-state index is 0.117. The van der Waals surface area contributed by atoms with Crippen molar-refractivity contribution in [1.82, 2.24) is 15.0 Å². The van der Waals surface area contributed by atoms with E-state index in [-0.39, 0.29) is 6.04 Å². The molecule has 1 aromatic rings. The van der Waals surface area contributed by atoms with E-state index >= 15 is 0 Å². The van der Waals surface area contributed by atoms with E-state index in [2.05, 4.69) is 10.4 Å². The van der Waals surface area contributed by atoms with E-state index in [9.17, 15) is 0 Å². The number of hydrogen-bond acceptors (Lipinski definition) is 4. The molecule has 0 radical (unpaired) electrons. The molecule has 0 bridgehead atoms. The molecule has 1 rings (SSSR count). The first-order valence-electron chi connectivity index (χ1n) is 4.71. The number of hydrogen-bond donors (Lipinski definition) is 2. The third-order valence-corrected chi connectivity index (χ3v) is 2.12. The lowest BCUT2D eigenvalue weighted by Gasteiger charge is -2.12. The maximum Gasteiger partial charge on any atom is 0.0947 e. The highest BCUT2D eigenvalue weighted by molar-refractivity contribution is 5.02. The van der Waals surface area contributed by atoms with E-state index in [0.717, 1.165) is 25.1 Å². The molecule has 3 N–H and O–H groups in total. The maximum atomic E-state index is 5.46. The Morgan fingerprint density at radius 2 is 2.50 bits per heavy atom. The van der Waals surface area contributed by atoms with Crippen LogP contribution in [0.1, 0.15) is 24.6 Å². The second-order valence-corrected chi connectivity index (χ2v) is 3.32. The van der Waals surface area contributed by atoms with Crippen LogP contribution in [0.15, 0.2) is 12.5 Å². The number of ether oxygens (including phenoxy) is 1. The highest BCUT2D eigenvalue weighted by Crippen LogP contribution is 2.14. The predicted molar refractivity (Wildman–Crippen MR) is 54.4 cm³/mol. The molecule has 0 aliphatic carbocycles. The molecule has 0 spiro atoms. The van der Waals surface area contributed by atoms with E-state index < -0.39 is 0 Å². The number of methoxy groups -OCH3 is 1. The fourth-order valence-corrected chi connectivity index (χ4v) is 1.36. The van der Waals surface area contributed by atoms with Gasteiger partial charge in [0.1, 0.15) is 0 Å². The minimum absolute atomic E-state index is 0.117. The average molecular weight is 198 g/mol. The number of nitrogens with one attached hydrogen (secondary N) is 1. The quantitative estimate of drug-likeness (QED) is 0.393. The van der Waals surface area contributed by atoms with E-state index in [1.54, 1.807) is 13.4 Å². The zero-order valence-electron chi connectivity index (χ0n) is 8.73. The Morgan fingerprint density at radius 3 is 3.00 bits per heavy atom. The lowest BCUT2D eigenvalue weighted by Crippen LogP contribution is -2.28. The number of imidazole rings is 1. The molecule has 0 aliphatic heterocycles. The first-order valence-corrected chi connectivity index (χ1v) is 4.71. The number of rotatable bonds is 6. The summed E-state index contributed by atoms with van der Waals surface area (Å²) in [6, 6.07) is 0.117. The summed E-state index contributed by atoms with van der Waals surface area (Å²) in [6.07, 6.45) is 5.65. The van der Waals surface area contributed by atoms with E-state index in [0.29, 0.717) is 0 Å². The normalized spacial score (nSPS) is 13.1. The summed E-state index contributed by atoms with van der Waals surface area (Å²) in [5.74, 6) is 5.46. The highest BCUT2D eigenvalue weighted by atomic mass is 16.5. The van der Waals surface area contributed by atoms with E-state index in [1.165, 1.54) is 0 Å². The number of aromatic nitrogens is 2. The SMILES string of the molecule is COCCCC(NN)c1cn(C)cn1. The van der Waals surface area contributed by atoms with Crippen molar-refractivity contribution < 1.29 is 4.74 Å². The largest absolute Gasteiger partial charge is 0.385 e. The Labute approximate surface area is 84.2 Å². The molecule has 0 amide bonds. The van der Waals surface area contributed by atoms with Gasteiger partial charge in [-0.15, -0.1) is 0 Å². The van der Waals surface area contributed by atoms with Crippen molar-refractivity contribution in [2.24, 2.45) is 12.9 Å². The molecule has 0 fully saturated rings. The molecule has 0 saturated heterocycles. The van der Waals surface area contributed by atoms with Gasteiger partial charge in [-0.3, -0.25) is 11.3 Å². The lowest BCUT2D eigenvalue weighted by atomic mass is 10.1. The van der Waals surface area contributed by atoms with Gasteiger partial charge in [-0.25, -0.2) is 4.98 Å². The molecule has 0 aromatic carbocycles. The summed E-state index contributed by atoms with van der Waals surface area (Å²) in [7, 11) is 3.64. The van der Waals surface area contributed by atoms with Crippen molar-refractivity contribution >= 4 is 0 Å². The first-order chi connectivity index (χ1) is 6.77. The Kier molecular flexibility index (Phi) is 4.58. The molecule has 1 heterocycles. The summed E-state index contributed by atoms with van der Waals surface area (Å²) >= 11 is 0. The van der Waals surface area contributed by atoms with Crippen LogP contribution in [0.5, 0.6) is 0 Å². The first kappa shape index (κ1) is 11.2. The summed E-state index contributed by atoms with van der Waals surface area (Å²) in [4.78, 5) is 4.25. The molecule has 1 atom stereocenters. The number of hydrazine groups is 1. The van der Waals surface area contributed by atoms with Crippen LogP contribution in [-0.4, -0.2) is 23.3 Å². The molecule has 0 aliphatic rings. The van der Waals surface area contributed by atoms with Crippen molar-refractivity contribution in [2.75, 3.05) is 13.7 Å². The molecule has 1 aromatic heterocycles. The fraction of sp³-hybridized carbons (Fsp3) is 0.667. The van der Waals surface area contributed by atoms with Gasteiger partial charge in [0.25, 0.3) is 0 Å². The van der Waals surface area contributed by atoms with Crippen LogP contribution >= 0.6 is 0 Å². The van der Waals surface area contributed by atoms with Gasteiger partial charge in [0.05, 0.1) is 18.1 Å². The Hall–Kier alpha value is -0.910. The van der Waals surface area contributed by atoms with Crippen LogP contribution in [0.25, 0.3) is 0 Å². The third kappa shape index (κ3) is 3.10. The van der Waals surface area contributed by atoms with Gasteiger partial charge in [0.15, 0.2) is 0 Å². The van der Waals surface area contributed by atoms with Gasteiger partial charge in [0, 0.05) is 27.0 Å². The van der Waals surface area contributed by atoms with Crippen molar-refractivity contribution in [3.63, 3.8) is 0 Å². The van der Waals surface area contributed by atoms with Crippen LogP contribution < -0.4 is 11.3 Å². The van der Waals surface area contributed by atoms with Crippen LogP contribution in [0, 0.1) is 0 Å². The summed E-state index contributed by atoms with van der Waals surface area (Å²) < 4.78 is 6.90. The highest BCUT2D eigenvalue weighted by Gasteiger charge is 2.11. The van der Waals surface area contributed by atoms with Gasteiger partial charge in [-0.1, -0.05) is 0 Å². The molecule has 5 nitrogen and oxygen atoms in total. The standard InChI is InChI=1S/C9H18N4O/c1-13-6-9(11-7-13)8(12-10)4-3-5-14-2/h6-8,12H,3-5,10H2,1-2H3. The second kappa shape index (κ2) is 5.74. The minimum Gasteiger partial charge on any atom is -0.385 e. The zero-order chi connectivity index (χ0) is 10.4. The van der Waals surface area contributed by atoms with Crippen molar-refractivity contribution in [1.29, 1.82) is 0 Å². The molecule has 80 valence electrons. The van der Waals surface area contributed by atoms with Crippen LogP contribution in [0.4, 0.5) is 0 Å². The fourth-order valence-electron chi connectivity index (χ4n) is 1.36. The summed E-state index contributed by atoms with van der Waals surface area (Å²) in [5.41, 5.74) is 3.74. The van der Waals surface area contributed by atoms with Crippen LogP contribution in [0.3, 0.4) is 0 Å². The average Bonchev–Trinajstić information content (AvgIpc) is 2.60. The van der Waals surface area contributed by atoms with Gasteiger partial charge >= 0.3 is 0 Å². The van der Waals surface area contributed by atoms with Gasteiger partial charge in [-0.05, 0) is 12.8 Å². The Bertz CT molecular complexity index is 261. The van der Waals surface area contributed by atoms with Crippen LogP contribution in [-0.2, 0) is 11.8 Å². The lowest BCUT2D eigenvalue weighted by molar-refractivity contribution is 0.188. The number of nitrogens with two attached hydrogens (primary N) is 1. The molecule has 5 heteroatoms. The zero-order valence-corrected chi connectivity index (χ0v) is 8.73. The number of nitrogens with zero attached hydrogens (tertiary/aromatic N) is 2. The van der Waals surface area contributed by atoms with E-state index in [4.69, 9.17) is 10.6 Å². The number of aryl methyl sites for hydroxylation is 1. The molecular formula is C9H18N4O.